The third kappa shape index (κ3) is 5.58. The monoisotopic (exact) mass is 539 g/mol. The van der Waals surface area contributed by atoms with Gasteiger partial charge in [-0.15, -0.1) is 24.0 Å². The van der Waals surface area contributed by atoms with E-state index < -0.39 is 0 Å². The molecule has 2 amide bonds. The highest BCUT2D eigenvalue weighted by molar-refractivity contribution is 14.0. The van der Waals surface area contributed by atoms with Gasteiger partial charge in [-0.2, -0.15) is 0 Å². The van der Waals surface area contributed by atoms with Gasteiger partial charge in [-0.05, 0) is 44.2 Å². The number of unbranched alkanes of at least 4 members (excludes halogenated alkanes) is 1. The van der Waals surface area contributed by atoms with E-state index in [9.17, 15) is 9.59 Å². The predicted molar refractivity (Wildman–Crippen MR) is 133 cm³/mol. The maximum Gasteiger partial charge on any atom is 0.261 e. The standard InChI is InChI=1S/C23H33N5O2.HI/c1-24-23(26-17-12-15-27(16-17)18-8-2-3-9-18)25-13-6-7-14-28-21(29)19-10-4-5-11-20(19)22(28)30;/h4-5,10-11,17-18H,2-3,6-9,12-16H2,1H3,(H2,24,25,26);1H. The molecule has 8 heteroatoms. The lowest BCUT2D eigenvalue weighted by Crippen LogP contribution is -2.45. The molecule has 0 radical (unpaired) electrons. The van der Waals surface area contributed by atoms with Crippen LogP contribution in [0.3, 0.4) is 0 Å². The second-order valence-electron chi connectivity index (χ2n) is 8.58. The third-order valence-corrected chi connectivity index (χ3v) is 6.60. The number of imide groups is 1. The number of halogens is 1. The van der Waals surface area contributed by atoms with Gasteiger partial charge in [-0.1, -0.05) is 25.0 Å². The number of rotatable bonds is 7. The van der Waals surface area contributed by atoms with Crippen molar-refractivity contribution in [2.24, 2.45) is 4.99 Å². The van der Waals surface area contributed by atoms with Crippen molar-refractivity contribution in [3.8, 4) is 0 Å². The Hall–Kier alpha value is -1.68. The fraction of sp³-hybridized carbons (Fsp3) is 0.609. The molecule has 1 unspecified atom stereocenters. The van der Waals surface area contributed by atoms with Crippen LogP contribution in [-0.4, -0.2) is 72.9 Å². The second-order valence-corrected chi connectivity index (χ2v) is 8.58. The maximum atomic E-state index is 12.4. The molecule has 3 aliphatic rings. The summed E-state index contributed by atoms with van der Waals surface area (Å²) in [6.45, 7) is 3.51. The molecule has 1 saturated carbocycles. The van der Waals surface area contributed by atoms with Crippen molar-refractivity contribution in [2.75, 3.05) is 33.2 Å². The molecule has 4 rings (SSSR count). The Kier molecular flexibility index (Phi) is 8.71. The number of carbonyl (C=O) groups is 2. The fourth-order valence-electron chi connectivity index (χ4n) is 4.94. The van der Waals surface area contributed by atoms with Crippen LogP contribution < -0.4 is 10.6 Å². The molecule has 1 aromatic carbocycles. The van der Waals surface area contributed by atoms with E-state index in [-0.39, 0.29) is 35.8 Å². The summed E-state index contributed by atoms with van der Waals surface area (Å²) in [6.07, 6.45) is 8.27. The van der Waals surface area contributed by atoms with E-state index in [1.807, 2.05) is 0 Å². The Labute approximate surface area is 202 Å². The third-order valence-electron chi connectivity index (χ3n) is 6.60. The number of amides is 2. The van der Waals surface area contributed by atoms with Crippen molar-refractivity contribution in [3.05, 3.63) is 35.4 Å². The SMILES string of the molecule is CN=C(NCCCCN1C(=O)c2ccccc2C1=O)NC1CCN(C2CCCC2)C1.I. The van der Waals surface area contributed by atoms with Gasteiger partial charge in [-0.3, -0.25) is 24.4 Å². The average molecular weight is 539 g/mol. The number of aliphatic imine (C=N–C) groups is 1. The van der Waals surface area contributed by atoms with E-state index in [4.69, 9.17) is 0 Å². The first kappa shape index (κ1) is 24.0. The Balaban J connectivity index is 0.00000272. The van der Waals surface area contributed by atoms with Crippen molar-refractivity contribution < 1.29 is 9.59 Å². The van der Waals surface area contributed by atoms with Gasteiger partial charge in [0, 0.05) is 45.3 Å². The zero-order valence-electron chi connectivity index (χ0n) is 18.3. The minimum atomic E-state index is -0.172. The molecule has 0 spiro atoms. The largest absolute Gasteiger partial charge is 0.356 e. The molecule has 7 nitrogen and oxygen atoms in total. The van der Waals surface area contributed by atoms with Crippen LogP contribution in [0, 0.1) is 0 Å². The van der Waals surface area contributed by atoms with E-state index >= 15 is 0 Å². The number of likely N-dealkylation sites (tertiary alicyclic amines) is 1. The van der Waals surface area contributed by atoms with E-state index in [2.05, 4.69) is 20.5 Å². The smallest absolute Gasteiger partial charge is 0.261 e. The number of hydrogen-bond acceptors (Lipinski definition) is 4. The van der Waals surface area contributed by atoms with Gasteiger partial charge in [0.15, 0.2) is 5.96 Å². The number of nitrogens with zero attached hydrogens (tertiary/aromatic N) is 3. The topological polar surface area (TPSA) is 77.0 Å². The molecule has 0 aromatic heterocycles. The van der Waals surface area contributed by atoms with Crippen LogP contribution in [0.5, 0.6) is 0 Å². The van der Waals surface area contributed by atoms with Gasteiger partial charge >= 0.3 is 0 Å². The average Bonchev–Trinajstić information content (AvgIpc) is 3.50. The van der Waals surface area contributed by atoms with Crippen molar-refractivity contribution in [1.29, 1.82) is 0 Å². The number of hydrogen-bond donors (Lipinski definition) is 2. The van der Waals surface area contributed by atoms with Gasteiger partial charge < -0.3 is 10.6 Å². The lowest BCUT2D eigenvalue weighted by molar-refractivity contribution is 0.0652. The molecular formula is C23H34IN5O2. The first-order chi connectivity index (χ1) is 14.7. The van der Waals surface area contributed by atoms with Gasteiger partial charge in [0.2, 0.25) is 0 Å². The van der Waals surface area contributed by atoms with E-state index in [0.29, 0.717) is 23.7 Å². The summed E-state index contributed by atoms with van der Waals surface area (Å²) in [6, 6.07) is 8.29. The van der Waals surface area contributed by atoms with Gasteiger partial charge in [0.05, 0.1) is 11.1 Å². The molecule has 170 valence electrons. The molecule has 1 atom stereocenters. The Bertz CT molecular complexity index is 774. The van der Waals surface area contributed by atoms with Crippen LogP contribution in [-0.2, 0) is 0 Å². The van der Waals surface area contributed by atoms with Gasteiger partial charge in [-0.25, -0.2) is 0 Å². The number of benzene rings is 1. The molecule has 2 heterocycles. The molecule has 1 saturated heterocycles. The van der Waals surface area contributed by atoms with Crippen LogP contribution in [0.1, 0.15) is 65.7 Å². The molecule has 2 fully saturated rings. The zero-order chi connectivity index (χ0) is 20.9. The lowest BCUT2D eigenvalue weighted by Gasteiger charge is -2.24. The Morgan fingerprint density at radius 3 is 2.39 bits per heavy atom. The summed E-state index contributed by atoms with van der Waals surface area (Å²) in [5.74, 6) is 0.497. The lowest BCUT2D eigenvalue weighted by atomic mass is 10.1. The van der Waals surface area contributed by atoms with Gasteiger partial charge in [0.1, 0.15) is 0 Å². The summed E-state index contributed by atoms with van der Waals surface area (Å²) in [5, 5.41) is 6.93. The van der Waals surface area contributed by atoms with Crippen molar-refractivity contribution in [2.45, 2.75) is 57.0 Å². The highest BCUT2D eigenvalue weighted by Crippen LogP contribution is 2.26. The number of nitrogens with one attached hydrogen (secondary N) is 2. The van der Waals surface area contributed by atoms with Crippen LogP contribution in [0.4, 0.5) is 0 Å². The summed E-state index contributed by atoms with van der Waals surface area (Å²) in [5.41, 5.74) is 1.04. The summed E-state index contributed by atoms with van der Waals surface area (Å²) in [4.78, 5) is 33.2. The zero-order valence-corrected chi connectivity index (χ0v) is 20.6. The molecular weight excluding hydrogens is 505 g/mol. The highest BCUT2D eigenvalue weighted by atomic mass is 127. The Morgan fingerprint density at radius 1 is 1.06 bits per heavy atom. The normalized spacial score (nSPS) is 22.0. The van der Waals surface area contributed by atoms with Crippen molar-refractivity contribution >= 4 is 41.8 Å². The number of fused-ring (bicyclic) bond motifs is 1. The first-order valence-corrected chi connectivity index (χ1v) is 11.3. The van der Waals surface area contributed by atoms with Crippen LogP contribution >= 0.6 is 24.0 Å². The van der Waals surface area contributed by atoms with Crippen LogP contribution in [0.2, 0.25) is 0 Å². The van der Waals surface area contributed by atoms with Crippen LogP contribution in [0.25, 0.3) is 0 Å². The number of guanidine groups is 1. The van der Waals surface area contributed by atoms with Crippen molar-refractivity contribution in [1.82, 2.24) is 20.4 Å². The molecule has 2 aliphatic heterocycles. The maximum absolute atomic E-state index is 12.4. The summed E-state index contributed by atoms with van der Waals surface area (Å²) >= 11 is 0. The van der Waals surface area contributed by atoms with E-state index in [0.717, 1.165) is 44.4 Å². The quantitative estimate of drug-likeness (QED) is 0.183. The summed E-state index contributed by atoms with van der Waals surface area (Å²) < 4.78 is 0. The highest BCUT2D eigenvalue weighted by Gasteiger charge is 2.34. The fourth-order valence-corrected chi connectivity index (χ4v) is 4.94. The molecule has 1 aliphatic carbocycles. The number of carbonyl (C=O) groups excluding carboxylic acids is 2. The Morgan fingerprint density at radius 2 is 1.74 bits per heavy atom. The predicted octanol–water partition coefficient (Wildman–Crippen LogP) is 2.86. The first-order valence-electron chi connectivity index (χ1n) is 11.3. The summed E-state index contributed by atoms with van der Waals surface area (Å²) in [7, 11) is 1.80. The molecule has 0 bridgehead atoms. The van der Waals surface area contributed by atoms with Gasteiger partial charge in [0.25, 0.3) is 11.8 Å². The van der Waals surface area contributed by atoms with E-state index in [1.54, 1.807) is 31.3 Å². The molecule has 31 heavy (non-hydrogen) atoms. The van der Waals surface area contributed by atoms with E-state index in [1.165, 1.54) is 37.1 Å². The molecule has 1 aromatic rings. The van der Waals surface area contributed by atoms with Crippen molar-refractivity contribution in [3.63, 3.8) is 0 Å². The minimum Gasteiger partial charge on any atom is -0.356 e. The molecule has 2 N–H and O–H groups in total. The second kappa shape index (κ2) is 11.3. The van der Waals surface area contributed by atoms with Crippen LogP contribution in [0.15, 0.2) is 29.3 Å². The minimum absolute atomic E-state index is 0.